The van der Waals surface area contributed by atoms with E-state index in [0.29, 0.717) is 6.42 Å². The molecule has 2 aromatic rings. The summed E-state index contributed by atoms with van der Waals surface area (Å²) in [6.45, 7) is 0. The zero-order valence-electron chi connectivity index (χ0n) is 12.7. The van der Waals surface area contributed by atoms with Crippen molar-refractivity contribution in [2.45, 2.75) is 18.9 Å². The van der Waals surface area contributed by atoms with Crippen LogP contribution in [-0.4, -0.2) is 19.1 Å². The molecule has 4 heteroatoms. The fourth-order valence-corrected chi connectivity index (χ4v) is 2.52. The molecule has 0 radical (unpaired) electrons. The summed E-state index contributed by atoms with van der Waals surface area (Å²) in [5.74, 6) is -0.410. The van der Waals surface area contributed by atoms with Crippen LogP contribution in [-0.2, 0) is 22.4 Å². The van der Waals surface area contributed by atoms with Crippen molar-refractivity contribution in [3.8, 4) is 0 Å². The molecule has 0 spiro atoms. The summed E-state index contributed by atoms with van der Waals surface area (Å²) < 4.78 is 4.96. The van der Waals surface area contributed by atoms with Crippen molar-refractivity contribution in [3.05, 3.63) is 71.8 Å². The average Bonchev–Trinajstić information content (AvgIpc) is 2.53. The SMILES string of the molecule is COC(=O)[C@H](Cc1ccccc1)[C@H]([NH3+])Cc1ccccc1.[Cl-]. The van der Waals surface area contributed by atoms with Gasteiger partial charge in [0.25, 0.3) is 0 Å². The second-order valence-corrected chi connectivity index (χ2v) is 5.27. The van der Waals surface area contributed by atoms with Crippen LogP contribution < -0.4 is 18.1 Å². The molecule has 22 heavy (non-hydrogen) atoms. The Morgan fingerprint density at radius 1 is 0.955 bits per heavy atom. The van der Waals surface area contributed by atoms with Gasteiger partial charge in [0.15, 0.2) is 0 Å². The molecule has 0 aromatic heterocycles. The Balaban J connectivity index is 0.00000242. The van der Waals surface area contributed by atoms with Crippen molar-refractivity contribution < 1.29 is 27.7 Å². The lowest BCUT2D eigenvalue weighted by Crippen LogP contribution is -3.00. The van der Waals surface area contributed by atoms with Gasteiger partial charge in [-0.1, -0.05) is 60.7 Å². The van der Waals surface area contributed by atoms with E-state index in [1.807, 2.05) is 48.5 Å². The van der Waals surface area contributed by atoms with Crippen molar-refractivity contribution in [1.82, 2.24) is 0 Å². The molecule has 0 aliphatic heterocycles. The van der Waals surface area contributed by atoms with Crippen LogP contribution in [0.5, 0.6) is 0 Å². The summed E-state index contributed by atoms with van der Waals surface area (Å²) in [7, 11) is 1.44. The summed E-state index contributed by atoms with van der Waals surface area (Å²) in [5.41, 5.74) is 6.53. The summed E-state index contributed by atoms with van der Waals surface area (Å²) in [6.07, 6.45) is 1.43. The Hall–Kier alpha value is -1.84. The Bertz CT molecular complexity index is 560. The monoisotopic (exact) mass is 319 g/mol. The molecule has 0 aliphatic carbocycles. The molecule has 0 bridgehead atoms. The summed E-state index contributed by atoms with van der Waals surface area (Å²) >= 11 is 0. The van der Waals surface area contributed by atoms with Gasteiger partial charge in [0.1, 0.15) is 12.0 Å². The number of methoxy groups -OCH3 is 1. The van der Waals surface area contributed by atoms with Gasteiger partial charge in [0, 0.05) is 6.42 Å². The van der Waals surface area contributed by atoms with E-state index in [9.17, 15) is 4.79 Å². The molecule has 0 saturated heterocycles. The van der Waals surface area contributed by atoms with Gasteiger partial charge in [-0.2, -0.15) is 0 Å². The number of rotatable bonds is 6. The third-order valence-corrected chi connectivity index (χ3v) is 3.71. The summed E-state index contributed by atoms with van der Waals surface area (Å²) in [5, 5.41) is 0. The van der Waals surface area contributed by atoms with Crippen molar-refractivity contribution in [2.24, 2.45) is 5.92 Å². The minimum absolute atomic E-state index is 0. The normalized spacial score (nSPS) is 12.8. The molecular formula is C18H22ClNO2. The maximum Gasteiger partial charge on any atom is 0.315 e. The number of hydrogen-bond donors (Lipinski definition) is 1. The Labute approximate surface area is 137 Å². The van der Waals surface area contributed by atoms with Gasteiger partial charge < -0.3 is 22.9 Å². The van der Waals surface area contributed by atoms with Gasteiger partial charge in [0.05, 0.1) is 7.11 Å². The molecule has 2 aromatic carbocycles. The highest BCUT2D eigenvalue weighted by Crippen LogP contribution is 2.15. The second kappa shape index (κ2) is 9.23. The lowest BCUT2D eigenvalue weighted by Gasteiger charge is -2.19. The first-order valence-corrected chi connectivity index (χ1v) is 7.19. The van der Waals surface area contributed by atoms with Crippen LogP contribution >= 0.6 is 0 Å². The third-order valence-electron chi connectivity index (χ3n) is 3.71. The minimum atomic E-state index is -0.224. The minimum Gasteiger partial charge on any atom is -1.00 e. The van der Waals surface area contributed by atoms with Crippen molar-refractivity contribution in [2.75, 3.05) is 7.11 Å². The maximum atomic E-state index is 12.1. The molecular weight excluding hydrogens is 298 g/mol. The lowest BCUT2D eigenvalue weighted by atomic mass is 9.89. The lowest BCUT2D eigenvalue weighted by molar-refractivity contribution is -0.429. The Morgan fingerprint density at radius 3 is 1.86 bits per heavy atom. The first kappa shape index (κ1) is 18.2. The smallest absolute Gasteiger partial charge is 0.315 e. The van der Waals surface area contributed by atoms with Crippen LogP contribution in [0.1, 0.15) is 11.1 Å². The summed E-state index contributed by atoms with van der Waals surface area (Å²) in [6, 6.07) is 20.1. The largest absolute Gasteiger partial charge is 1.00 e. The van der Waals surface area contributed by atoms with Crippen molar-refractivity contribution in [1.29, 1.82) is 0 Å². The van der Waals surface area contributed by atoms with Gasteiger partial charge in [-0.05, 0) is 17.5 Å². The molecule has 0 aliphatic rings. The first-order valence-electron chi connectivity index (χ1n) is 7.19. The first-order chi connectivity index (χ1) is 10.2. The van der Waals surface area contributed by atoms with E-state index in [0.717, 1.165) is 12.0 Å². The maximum absolute atomic E-state index is 12.1. The standard InChI is InChI=1S/C18H21NO2.ClH/c1-21-18(20)16(12-14-8-4-2-5-9-14)17(19)13-15-10-6-3-7-11-15;/h2-11,16-17H,12-13,19H2,1H3;1H/t16-,17-;/m1./s1. The molecule has 0 saturated carbocycles. The number of carbonyl (C=O) groups is 1. The van der Waals surface area contributed by atoms with E-state index in [-0.39, 0.29) is 30.3 Å². The van der Waals surface area contributed by atoms with E-state index in [4.69, 9.17) is 4.74 Å². The van der Waals surface area contributed by atoms with Crippen LogP contribution in [0, 0.1) is 5.92 Å². The van der Waals surface area contributed by atoms with E-state index in [2.05, 4.69) is 17.9 Å². The Kier molecular flexibility index (Phi) is 7.64. The van der Waals surface area contributed by atoms with Crippen LogP contribution in [0.25, 0.3) is 0 Å². The van der Waals surface area contributed by atoms with Crippen LogP contribution in [0.4, 0.5) is 0 Å². The summed E-state index contributed by atoms with van der Waals surface area (Å²) in [4.78, 5) is 12.1. The Morgan fingerprint density at radius 2 is 1.41 bits per heavy atom. The number of halogens is 1. The number of carbonyl (C=O) groups excluding carboxylic acids is 1. The fourth-order valence-electron chi connectivity index (χ4n) is 2.52. The highest BCUT2D eigenvalue weighted by Gasteiger charge is 2.29. The highest BCUT2D eigenvalue weighted by molar-refractivity contribution is 5.73. The van der Waals surface area contributed by atoms with Gasteiger partial charge in [-0.3, -0.25) is 4.79 Å². The highest BCUT2D eigenvalue weighted by atomic mass is 35.5. The average molecular weight is 320 g/mol. The molecule has 2 atom stereocenters. The van der Waals surface area contributed by atoms with Gasteiger partial charge in [-0.25, -0.2) is 0 Å². The van der Waals surface area contributed by atoms with E-state index in [1.54, 1.807) is 0 Å². The zero-order valence-corrected chi connectivity index (χ0v) is 13.5. The van der Waals surface area contributed by atoms with Gasteiger partial charge in [-0.15, -0.1) is 0 Å². The molecule has 0 heterocycles. The number of hydrogen-bond acceptors (Lipinski definition) is 2. The number of esters is 1. The van der Waals surface area contributed by atoms with Crippen LogP contribution in [0.2, 0.25) is 0 Å². The molecule has 2 rings (SSSR count). The van der Waals surface area contributed by atoms with Gasteiger partial charge >= 0.3 is 5.97 Å². The molecule has 3 nitrogen and oxygen atoms in total. The van der Waals surface area contributed by atoms with E-state index < -0.39 is 0 Å². The van der Waals surface area contributed by atoms with Gasteiger partial charge in [0.2, 0.25) is 0 Å². The van der Waals surface area contributed by atoms with Crippen LogP contribution in [0.3, 0.4) is 0 Å². The number of quaternary nitrogens is 1. The van der Waals surface area contributed by atoms with Crippen molar-refractivity contribution in [3.63, 3.8) is 0 Å². The predicted octanol–water partition coefficient (Wildman–Crippen LogP) is -1.12. The van der Waals surface area contributed by atoms with Crippen molar-refractivity contribution >= 4 is 5.97 Å². The van der Waals surface area contributed by atoms with E-state index >= 15 is 0 Å². The molecule has 0 unspecified atom stereocenters. The predicted molar refractivity (Wildman–Crippen MR) is 82.5 cm³/mol. The fraction of sp³-hybridized carbons (Fsp3) is 0.278. The zero-order chi connectivity index (χ0) is 15.1. The second-order valence-electron chi connectivity index (χ2n) is 5.27. The third kappa shape index (κ3) is 5.17. The molecule has 118 valence electrons. The van der Waals surface area contributed by atoms with E-state index in [1.165, 1.54) is 12.7 Å². The van der Waals surface area contributed by atoms with Crippen LogP contribution in [0.15, 0.2) is 60.7 Å². The number of benzene rings is 2. The number of ether oxygens (including phenoxy) is 1. The molecule has 0 amide bonds. The topological polar surface area (TPSA) is 53.9 Å². The molecule has 3 N–H and O–H groups in total. The quantitative estimate of drug-likeness (QED) is 0.686. The molecule has 0 fully saturated rings.